The van der Waals surface area contributed by atoms with E-state index in [4.69, 9.17) is 10.2 Å². The number of aliphatic hydroxyl groups excluding tert-OH is 2. The van der Waals surface area contributed by atoms with Crippen LogP contribution in [0.4, 0.5) is 0 Å². The number of amides is 1. The van der Waals surface area contributed by atoms with E-state index in [0.29, 0.717) is 5.56 Å². The lowest BCUT2D eigenvalue weighted by Gasteiger charge is -2.14. The minimum Gasteiger partial charge on any atom is -0.394 e. The zero-order valence-corrected chi connectivity index (χ0v) is 10.8. The minimum atomic E-state index is -0.612. The quantitative estimate of drug-likeness (QED) is 0.657. The van der Waals surface area contributed by atoms with Gasteiger partial charge in [0.1, 0.15) is 0 Å². The van der Waals surface area contributed by atoms with Gasteiger partial charge in [0.2, 0.25) is 0 Å². The van der Waals surface area contributed by atoms with E-state index in [0.717, 1.165) is 12.1 Å². The van der Waals surface area contributed by atoms with Gasteiger partial charge in [0, 0.05) is 12.1 Å². The average molecular weight is 252 g/mol. The van der Waals surface area contributed by atoms with Crippen LogP contribution < -0.4 is 5.32 Å². The first-order valence-corrected chi connectivity index (χ1v) is 5.83. The van der Waals surface area contributed by atoms with Crippen molar-refractivity contribution in [3.8, 4) is 0 Å². The monoisotopic (exact) mass is 252 g/mol. The number of carbonyl (C=O) groups excluding carboxylic acids is 1. The van der Waals surface area contributed by atoms with E-state index in [1.807, 2.05) is 31.1 Å². The lowest BCUT2D eigenvalue weighted by atomic mass is 10.1. The first-order chi connectivity index (χ1) is 8.56. The van der Waals surface area contributed by atoms with Crippen LogP contribution in [0.3, 0.4) is 0 Å². The molecule has 100 valence electrons. The Morgan fingerprint density at radius 1 is 1.22 bits per heavy atom. The Hall–Kier alpha value is -1.43. The molecule has 1 aromatic carbocycles. The van der Waals surface area contributed by atoms with Crippen molar-refractivity contribution in [1.29, 1.82) is 0 Å². The summed E-state index contributed by atoms with van der Waals surface area (Å²) in [5.41, 5.74) is 1.64. The number of hydrogen-bond acceptors (Lipinski definition) is 4. The number of rotatable bonds is 6. The van der Waals surface area contributed by atoms with Crippen LogP contribution in [0.2, 0.25) is 0 Å². The molecule has 1 aromatic rings. The van der Waals surface area contributed by atoms with Gasteiger partial charge in [0.25, 0.3) is 5.91 Å². The van der Waals surface area contributed by atoms with Crippen LogP contribution >= 0.6 is 0 Å². The van der Waals surface area contributed by atoms with Crippen molar-refractivity contribution in [1.82, 2.24) is 10.2 Å². The Kier molecular flexibility index (Phi) is 5.77. The number of nitrogens with zero attached hydrogens (tertiary/aromatic N) is 1. The second-order valence-electron chi connectivity index (χ2n) is 4.47. The molecular formula is C13H20N2O3. The Morgan fingerprint density at radius 2 is 1.78 bits per heavy atom. The molecule has 0 aliphatic heterocycles. The highest BCUT2D eigenvalue weighted by Crippen LogP contribution is 2.06. The fourth-order valence-electron chi connectivity index (χ4n) is 1.54. The van der Waals surface area contributed by atoms with Gasteiger partial charge in [-0.3, -0.25) is 4.79 Å². The van der Waals surface area contributed by atoms with Crippen molar-refractivity contribution in [2.75, 3.05) is 27.3 Å². The number of benzene rings is 1. The number of hydrogen-bond donors (Lipinski definition) is 3. The van der Waals surface area contributed by atoms with Crippen molar-refractivity contribution >= 4 is 5.91 Å². The van der Waals surface area contributed by atoms with E-state index in [1.54, 1.807) is 12.1 Å². The van der Waals surface area contributed by atoms with Crippen LogP contribution in [0.1, 0.15) is 15.9 Å². The van der Waals surface area contributed by atoms with E-state index in [-0.39, 0.29) is 19.1 Å². The normalized spacial score (nSPS) is 11.0. The summed E-state index contributed by atoms with van der Waals surface area (Å²) in [4.78, 5) is 13.8. The summed E-state index contributed by atoms with van der Waals surface area (Å²) < 4.78 is 0. The maximum absolute atomic E-state index is 11.8. The second kappa shape index (κ2) is 7.10. The van der Waals surface area contributed by atoms with Gasteiger partial charge in [0.05, 0.1) is 19.3 Å². The molecule has 0 atom stereocenters. The van der Waals surface area contributed by atoms with Gasteiger partial charge in [-0.2, -0.15) is 0 Å². The van der Waals surface area contributed by atoms with Crippen LogP contribution in [-0.2, 0) is 6.54 Å². The fraction of sp³-hybridized carbons (Fsp3) is 0.462. The highest BCUT2D eigenvalue weighted by atomic mass is 16.3. The standard InChI is InChI=1S/C13H20N2O3/c1-15(2)7-10-3-5-11(6-4-10)13(18)14-12(8-16)9-17/h3-6,12,16-17H,7-9H2,1-2H3,(H,14,18). The molecule has 0 heterocycles. The van der Waals surface area contributed by atoms with Crippen molar-refractivity contribution < 1.29 is 15.0 Å². The molecule has 0 bridgehead atoms. The van der Waals surface area contributed by atoms with E-state index in [9.17, 15) is 4.79 Å². The van der Waals surface area contributed by atoms with Gasteiger partial charge in [0.15, 0.2) is 0 Å². The van der Waals surface area contributed by atoms with Crippen LogP contribution in [0.25, 0.3) is 0 Å². The molecule has 0 saturated carbocycles. The number of aliphatic hydroxyl groups is 2. The topological polar surface area (TPSA) is 72.8 Å². The van der Waals surface area contributed by atoms with Crippen molar-refractivity contribution in [3.05, 3.63) is 35.4 Å². The van der Waals surface area contributed by atoms with Gasteiger partial charge in [-0.05, 0) is 31.8 Å². The summed E-state index contributed by atoms with van der Waals surface area (Å²) in [6, 6.07) is 6.64. The molecular weight excluding hydrogens is 232 g/mol. The predicted molar refractivity (Wildman–Crippen MR) is 69.3 cm³/mol. The maximum atomic E-state index is 11.8. The van der Waals surface area contributed by atoms with Crippen molar-refractivity contribution in [2.45, 2.75) is 12.6 Å². The highest BCUT2D eigenvalue weighted by Gasteiger charge is 2.11. The summed E-state index contributed by atoms with van der Waals surface area (Å²) >= 11 is 0. The third-order valence-corrected chi connectivity index (χ3v) is 2.49. The molecule has 1 amide bonds. The van der Waals surface area contributed by atoms with Gasteiger partial charge in [-0.15, -0.1) is 0 Å². The molecule has 3 N–H and O–H groups in total. The molecule has 0 saturated heterocycles. The molecule has 1 rings (SSSR count). The summed E-state index contributed by atoms with van der Waals surface area (Å²) in [6.07, 6.45) is 0. The molecule has 5 nitrogen and oxygen atoms in total. The summed E-state index contributed by atoms with van der Waals surface area (Å²) in [7, 11) is 3.96. The average Bonchev–Trinajstić information content (AvgIpc) is 2.35. The van der Waals surface area contributed by atoms with E-state index in [2.05, 4.69) is 5.32 Å². The van der Waals surface area contributed by atoms with Gasteiger partial charge in [-0.25, -0.2) is 0 Å². The van der Waals surface area contributed by atoms with Gasteiger partial charge in [-0.1, -0.05) is 12.1 Å². The van der Waals surface area contributed by atoms with Crippen LogP contribution in [0.15, 0.2) is 24.3 Å². The molecule has 0 radical (unpaired) electrons. The lowest BCUT2D eigenvalue weighted by molar-refractivity contribution is 0.0879. The molecule has 0 aromatic heterocycles. The van der Waals surface area contributed by atoms with Crippen LogP contribution in [0.5, 0.6) is 0 Å². The third kappa shape index (κ3) is 4.44. The molecule has 5 heteroatoms. The minimum absolute atomic E-state index is 0.277. The van der Waals surface area contributed by atoms with Crippen molar-refractivity contribution in [2.24, 2.45) is 0 Å². The lowest BCUT2D eigenvalue weighted by Crippen LogP contribution is -2.40. The third-order valence-electron chi connectivity index (χ3n) is 2.49. The predicted octanol–water partition coefficient (Wildman–Crippen LogP) is -0.169. The molecule has 18 heavy (non-hydrogen) atoms. The molecule has 0 unspecified atom stereocenters. The van der Waals surface area contributed by atoms with E-state index in [1.165, 1.54) is 0 Å². The van der Waals surface area contributed by atoms with E-state index >= 15 is 0 Å². The zero-order valence-electron chi connectivity index (χ0n) is 10.8. The zero-order chi connectivity index (χ0) is 13.5. The fourth-order valence-corrected chi connectivity index (χ4v) is 1.54. The summed E-state index contributed by atoms with van der Waals surface area (Å²) in [6.45, 7) is 0.264. The van der Waals surface area contributed by atoms with Crippen LogP contribution in [0, 0.1) is 0 Å². The first kappa shape index (κ1) is 14.6. The molecule has 0 fully saturated rings. The molecule has 0 aliphatic rings. The SMILES string of the molecule is CN(C)Cc1ccc(C(=O)NC(CO)CO)cc1. The van der Waals surface area contributed by atoms with Crippen molar-refractivity contribution in [3.63, 3.8) is 0 Å². The molecule has 0 spiro atoms. The Bertz CT molecular complexity index is 372. The smallest absolute Gasteiger partial charge is 0.251 e. The second-order valence-corrected chi connectivity index (χ2v) is 4.47. The largest absolute Gasteiger partial charge is 0.394 e. The summed E-state index contributed by atoms with van der Waals surface area (Å²) in [5.74, 6) is -0.292. The first-order valence-electron chi connectivity index (χ1n) is 5.83. The number of carbonyl (C=O) groups is 1. The van der Waals surface area contributed by atoms with Gasteiger partial charge >= 0.3 is 0 Å². The number of nitrogens with one attached hydrogen (secondary N) is 1. The van der Waals surface area contributed by atoms with Gasteiger partial charge < -0.3 is 20.4 Å². The molecule has 0 aliphatic carbocycles. The Balaban J connectivity index is 2.64. The summed E-state index contributed by atoms with van der Waals surface area (Å²) in [5, 5.41) is 20.3. The Labute approximate surface area is 107 Å². The highest BCUT2D eigenvalue weighted by molar-refractivity contribution is 5.94. The Morgan fingerprint density at radius 3 is 2.22 bits per heavy atom. The van der Waals surface area contributed by atoms with Crippen LogP contribution in [-0.4, -0.2) is 54.4 Å². The van der Waals surface area contributed by atoms with E-state index < -0.39 is 6.04 Å². The maximum Gasteiger partial charge on any atom is 0.251 e.